The highest BCUT2D eigenvalue weighted by molar-refractivity contribution is 5.57. The summed E-state index contributed by atoms with van der Waals surface area (Å²) in [6, 6.07) is 10.1. The van der Waals surface area contributed by atoms with Gasteiger partial charge in [0.2, 0.25) is 11.9 Å². The lowest BCUT2D eigenvalue weighted by molar-refractivity contribution is -0.162. The number of H-pyrrole nitrogens is 1. The molecule has 0 spiro atoms. The van der Waals surface area contributed by atoms with Gasteiger partial charge in [-0.2, -0.15) is 4.98 Å². The molecular formula is C17H25N5O2. The Morgan fingerprint density at radius 3 is 2.83 bits per heavy atom. The molecule has 1 aliphatic rings. The zero-order chi connectivity index (χ0) is 16.6. The van der Waals surface area contributed by atoms with Crippen molar-refractivity contribution in [1.29, 1.82) is 0 Å². The van der Waals surface area contributed by atoms with Crippen LogP contribution in [0.5, 0.6) is 0 Å². The van der Waals surface area contributed by atoms with E-state index in [-0.39, 0.29) is 12.2 Å². The second kappa shape index (κ2) is 8.65. The topological polar surface area (TPSA) is 89.3 Å². The average Bonchev–Trinajstić information content (AvgIpc) is 3.06. The van der Waals surface area contributed by atoms with E-state index in [2.05, 4.69) is 20.1 Å². The highest BCUT2D eigenvalue weighted by Gasteiger charge is 2.15. The number of nitrogens with two attached hydrogens (primary N) is 1. The number of benzene rings is 1. The Labute approximate surface area is 142 Å². The minimum absolute atomic E-state index is 0.0157. The molecule has 2 aromatic rings. The van der Waals surface area contributed by atoms with E-state index in [0.717, 1.165) is 44.5 Å². The number of ether oxygens (including phenoxy) is 2. The van der Waals surface area contributed by atoms with Crippen LogP contribution >= 0.6 is 0 Å². The lowest BCUT2D eigenvalue weighted by atomic mass is 10.2. The van der Waals surface area contributed by atoms with Crippen LogP contribution < -0.4 is 10.6 Å². The van der Waals surface area contributed by atoms with E-state index in [1.54, 1.807) is 0 Å². The van der Waals surface area contributed by atoms with Crippen LogP contribution in [0.4, 0.5) is 17.6 Å². The van der Waals surface area contributed by atoms with Gasteiger partial charge in [-0.05, 0) is 44.2 Å². The molecule has 1 aliphatic heterocycles. The van der Waals surface area contributed by atoms with Gasteiger partial charge < -0.3 is 20.1 Å². The third-order valence-corrected chi connectivity index (χ3v) is 4.03. The van der Waals surface area contributed by atoms with Crippen LogP contribution in [0, 0.1) is 0 Å². The van der Waals surface area contributed by atoms with Crippen molar-refractivity contribution in [3.8, 4) is 0 Å². The number of hydrogen-bond acceptors (Lipinski definition) is 6. The smallest absolute Gasteiger partial charge is 0.241 e. The van der Waals surface area contributed by atoms with Crippen molar-refractivity contribution in [3.63, 3.8) is 0 Å². The first-order valence-electron chi connectivity index (χ1n) is 8.56. The summed E-state index contributed by atoms with van der Waals surface area (Å²) in [5.41, 5.74) is 6.70. The van der Waals surface area contributed by atoms with Crippen molar-refractivity contribution in [2.45, 2.75) is 38.4 Å². The summed E-state index contributed by atoms with van der Waals surface area (Å²) in [4.78, 5) is 6.33. The van der Waals surface area contributed by atoms with Crippen molar-refractivity contribution in [2.24, 2.45) is 0 Å². The van der Waals surface area contributed by atoms with Crippen molar-refractivity contribution in [2.75, 3.05) is 30.4 Å². The maximum absolute atomic E-state index is 5.78. The molecule has 1 aromatic carbocycles. The van der Waals surface area contributed by atoms with E-state index in [9.17, 15) is 0 Å². The number of unbranched alkanes of at least 4 members (excludes halogenated alkanes) is 1. The number of aromatic amines is 1. The largest absolute Gasteiger partial charge is 0.366 e. The summed E-state index contributed by atoms with van der Waals surface area (Å²) in [6.45, 7) is 2.35. The summed E-state index contributed by atoms with van der Waals surface area (Å²) in [5.74, 6) is 0.916. The molecule has 1 unspecified atom stereocenters. The van der Waals surface area contributed by atoms with E-state index < -0.39 is 0 Å². The van der Waals surface area contributed by atoms with Crippen LogP contribution in [0.25, 0.3) is 0 Å². The van der Waals surface area contributed by atoms with Crippen molar-refractivity contribution < 1.29 is 9.47 Å². The second-order valence-corrected chi connectivity index (χ2v) is 5.88. The van der Waals surface area contributed by atoms with E-state index in [4.69, 9.17) is 15.2 Å². The molecule has 0 amide bonds. The molecule has 1 saturated heterocycles. The van der Waals surface area contributed by atoms with Gasteiger partial charge in [-0.25, -0.2) is 5.10 Å². The summed E-state index contributed by atoms with van der Waals surface area (Å²) in [7, 11) is 0. The molecule has 0 aliphatic carbocycles. The first-order valence-corrected chi connectivity index (χ1v) is 8.56. The number of nitrogens with zero attached hydrogens (tertiary/aromatic N) is 3. The minimum atomic E-state index is -0.0157. The van der Waals surface area contributed by atoms with Crippen LogP contribution in [0.2, 0.25) is 0 Å². The van der Waals surface area contributed by atoms with Crippen LogP contribution in [-0.4, -0.2) is 41.2 Å². The first kappa shape index (κ1) is 16.7. The van der Waals surface area contributed by atoms with E-state index in [0.29, 0.717) is 12.6 Å². The van der Waals surface area contributed by atoms with Crippen LogP contribution in [0.3, 0.4) is 0 Å². The average molecular weight is 331 g/mol. The van der Waals surface area contributed by atoms with Gasteiger partial charge >= 0.3 is 0 Å². The number of nitrogens with one attached hydrogen (secondary N) is 1. The number of hydrogen-bond donors (Lipinski definition) is 2. The molecule has 130 valence electrons. The van der Waals surface area contributed by atoms with Gasteiger partial charge in [-0.1, -0.05) is 18.2 Å². The highest BCUT2D eigenvalue weighted by Crippen LogP contribution is 2.22. The number of para-hydroxylation sites is 1. The summed E-state index contributed by atoms with van der Waals surface area (Å²) < 4.78 is 11.4. The maximum Gasteiger partial charge on any atom is 0.241 e. The lowest BCUT2D eigenvalue weighted by Gasteiger charge is -2.23. The van der Waals surface area contributed by atoms with Gasteiger partial charge in [0, 0.05) is 25.4 Å². The van der Waals surface area contributed by atoms with E-state index >= 15 is 0 Å². The summed E-state index contributed by atoms with van der Waals surface area (Å²) in [5, 5.41) is 6.81. The first-order chi connectivity index (χ1) is 11.8. The fourth-order valence-electron chi connectivity index (χ4n) is 2.78. The number of aromatic nitrogens is 3. The van der Waals surface area contributed by atoms with Gasteiger partial charge in [-0.3, -0.25) is 0 Å². The molecule has 2 heterocycles. The predicted molar refractivity (Wildman–Crippen MR) is 93.0 cm³/mol. The van der Waals surface area contributed by atoms with Gasteiger partial charge in [-0.15, -0.1) is 5.10 Å². The van der Waals surface area contributed by atoms with Gasteiger partial charge in [0.05, 0.1) is 0 Å². The zero-order valence-corrected chi connectivity index (χ0v) is 13.9. The third-order valence-electron chi connectivity index (χ3n) is 4.03. The Balaban J connectivity index is 1.49. The third kappa shape index (κ3) is 4.69. The Kier molecular flexibility index (Phi) is 6.03. The Hall–Kier alpha value is -2.12. The SMILES string of the molecule is Nc1n[nH]c(N(CCCCOC2CCCCO2)c2ccccc2)n1. The Bertz CT molecular complexity index is 598. The fourth-order valence-corrected chi connectivity index (χ4v) is 2.78. The summed E-state index contributed by atoms with van der Waals surface area (Å²) >= 11 is 0. The van der Waals surface area contributed by atoms with Crippen molar-refractivity contribution >= 4 is 17.6 Å². The molecule has 7 heteroatoms. The molecule has 0 radical (unpaired) electrons. The van der Waals surface area contributed by atoms with E-state index in [1.165, 1.54) is 6.42 Å². The molecule has 1 atom stereocenters. The zero-order valence-electron chi connectivity index (χ0n) is 13.9. The molecular weight excluding hydrogens is 306 g/mol. The second-order valence-electron chi connectivity index (χ2n) is 5.88. The molecule has 0 saturated carbocycles. The molecule has 3 N–H and O–H groups in total. The lowest BCUT2D eigenvalue weighted by Crippen LogP contribution is -2.23. The van der Waals surface area contributed by atoms with E-state index in [1.807, 2.05) is 30.3 Å². The molecule has 1 fully saturated rings. The predicted octanol–water partition coefficient (Wildman–Crippen LogP) is 2.85. The van der Waals surface area contributed by atoms with Crippen LogP contribution in [0.15, 0.2) is 30.3 Å². The minimum Gasteiger partial charge on any atom is -0.366 e. The monoisotopic (exact) mass is 331 g/mol. The number of rotatable bonds is 8. The van der Waals surface area contributed by atoms with Gasteiger partial charge in [0.15, 0.2) is 6.29 Å². The maximum atomic E-state index is 5.78. The standard InChI is InChI=1S/C17H25N5O2/c18-16-19-17(21-20-16)22(14-8-2-1-3-9-14)11-5-7-13-24-15-10-4-6-12-23-15/h1-3,8-9,15H,4-7,10-13H2,(H3,18,19,20,21). The molecule has 0 bridgehead atoms. The molecule has 7 nitrogen and oxygen atoms in total. The number of anilines is 3. The quantitative estimate of drug-likeness (QED) is 0.723. The molecule has 1 aromatic heterocycles. The van der Waals surface area contributed by atoms with Crippen LogP contribution in [0.1, 0.15) is 32.1 Å². The van der Waals surface area contributed by atoms with Crippen molar-refractivity contribution in [3.05, 3.63) is 30.3 Å². The molecule has 24 heavy (non-hydrogen) atoms. The van der Waals surface area contributed by atoms with Gasteiger partial charge in [0.25, 0.3) is 0 Å². The number of nitrogen functional groups attached to an aromatic ring is 1. The Morgan fingerprint density at radius 1 is 1.25 bits per heavy atom. The molecule has 3 rings (SSSR count). The van der Waals surface area contributed by atoms with Crippen molar-refractivity contribution in [1.82, 2.24) is 15.2 Å². The Morgan fingerprint density at radius 2 is 2.12 bits per heavy atom. The highest BCUT2D eigenvalue weighted by atomic mass is 16.7. The summed E-state index contributed by atoms with van der Waals surface area (Å²) in [6.07, 6.45) is 5.27. The van der Waals surface area contributed by atoms with Gasteiger partial charge in [0.1, 0.15) is 0 Å². The fraction of sp³-hybridized carbons (Fsp3) is 0.529. The van der Waals surface area contributed by atoms with Crippen LogP contribution in [-0.2, 0) is 9.47 Å². The normalized spacial score (nSPS) is 17.8.